The zero-order chi connectivity index (χ0) is 15.8. The van der Waals surface area contributed by atoms with E-state index in [9.17, 15) is 0 Å². The van der Waals surface area contributed by atoms with Gasteiger partial charge in [0.1, 0.15) is 0 Å². The predicted octanol–water partition coefficient (Wildman–Crippen LogP) is 7.76. The van der Waals surface area contributed by atoms with Crippen molar-refractivity contribution in [2.75, 3.05) is 24.6 Å². The molecule has 0 bridgehead atoms. The van der Waals surface area contributed by atoms with Crippen LogP contribution in [-0.2, 0) is 0 Å². The van der Waals surface area contributed by atoms with Crippen LogP contribution in [0.3, 0.4) is 0 Å². The van der Waals surface area contributed by atoms with Crippen LogP contribution in [0.25, 0.3) is 0 Å². The van der Waals surface area contributed by atoms with E-state index >= 15 is 0 Å². The summed E-state index contributed by atoms with van der Waals surface area (Å²) in [6.45, 7) is 9.44. The highest BCUT2D eigenvalue weighted by molar-refractivity contribution is 7.75. The second-order valence-electron chi connectivity index (χ2n) is 7.06. The van der Waals surface area contributed by atoms with E-state index in [1.165, 1.54) is 77.0 Å². The van der Waals surface area contributed by atoms with Gasteiger partial charge >= 0.3 is 0 Å². The first-order valence-corrected chi connectivity index (χ1v) is 12.6. The van der Waals surface area contributed by atoms with Crippen LogP contribution in [0.4, 0.5) is 0 Å². The molecule has 0 aliphatic heterocycles. The Bertz CT molecular complexity index is 178. The average molecular weight is 316 g/mol. The molecule has 0 nitrogen and oxygen atoms in total. The molecule has 1 heteroatoms. The van der Waals surface area contributed by atoms with Crippen LogP contribution >= 0.6 is 7.26 Å². The second kappa shape index (κ2) is 15.3. The Morgan fingerprint density at radius 1 is 0.381 bits per heavy atom. The van der Waals surface area contributed by atoms with Crippen molar-refractivity contribution in [1.82, 2.24) is 0 Å². The molecule has 128 valence electrons. The van der Waals surface area contributed by atoms with Crippen LogP contribution in [0.1, 0.15) is 105 Å². The number of unbranched alkanes of at least 4 members (excludes halogenated alkanes) is 8. The van der Waals surface area contributed by atoms with Gasteiger partial charge in [0.2, 0.25) is 0 Å². The monoisotopic (exact) mass is 315 g/mol. The predicted molar refractivity (Wildman–Crippen MR) is 104 cm³/mol. The van der Waals surface area contributed by atoms with Crippen LogP contribution in [0.15, 0.2) is 0 Å². The molecule has 0 aliphatic rings. The molecular formula is C20H44P+. The molecular weight excluding hydrogens is 271 g/mol. The molecule has 0 saturated heterocycles. The SMILES string of the molecule is CCCCCCCC[P+](CCCC)(CCCC)CCCC. The van der Waals surface area contributed by atoms with Gasteiger partial charge in [-0.3, -0.25) is 0 Å². The Morgan fingerprint density at radius 2 is 0.714 bits per heavy atom. The zero-order valence-electron chi connectivity index (χ0n) is 15.8. The van der Waals surface area contributed by atoms with Crippen LogP contribution < -0.4 is 0 Å². The molecule has 0 aliphatic carbocycles. The summed E-state index contributed by atoms with van der Waals surface area (Å²) in [6.07, 6.45) is 24.0. The maximum absolute atomic E-state index is 2.37. The largest absolute Gasteiger partial charge is 0.0654 e. The first-order valence-electron chi connectivity index (χ1n) is 10.1. The van der Waals surface area contributed by atoms with Crippen LogP contribution in [0, 0.1) is 0 Å². The third-order valence-electron chi connectivity index (χ3n) is 4.94. The molecule has 0 heterocycles. The van der Waals surface area contributed by atoms with Gasteiger partial charge in [-0.1, -0.05) is 72.6 Å². The lowest BCUT2D eigenvalue weighted by atomic mass is 10.1. The maximum Gasteiger partial charge on any atom is 0.0594 e. The van der Waals surface area contributed by atoms with E-state index in [1.54, 1.807) is 24.6 Å². The van der Waals surface area contributed by atoms with Gasteiger partial charge in [-0.25, -0.2) is 0 Å². The van der Waals surface area contributed by atoms with Crippen molar-refractivity contribution in [3.8, 4) is 0 Å². The number of rotatable bonds is 16. The summed E-state index contributed by atoms with van der Waals surface area (Å²) in [5, 5.41) is 0. The van der Waals surface area contributed by atoms with Crippen LogP contribution in [0.5, 0.6) is 0 Å². The molecule has 0 aromatic rings. The van der Waals surface area contributed by atoms with Crippen molar-refractivity contribution < 1.29 is 0 Å². The van der Waals surface area contributed by atoms with Crippen molar-refractivity contribution in [3.63, 3.8) is 0 Å². The molecule has 0 spiro atoms. The van der Waals surface area contributed by atoms with Gasteiger partial charge in [-0.2, -0.15) is 0 Å². The Morgan fingerprint density at radius 3 is 1.14 bits per heavy atom. The van der Waals surface area contributed by atoms with E-state index in [1.807, 2.05) is 0 Å². The standard InChI is InChI=1S/C20H44P/c1-5-9-13-14-15-16-20-21(17-10-6-2,18-11-7-3)19-12-8-4/h5-20H2,1-4H3/q+1. The Balaban J connectivity index is 4.28. The molecule has 0 radical (unpaired) electrons. The van der Waals surface area contributed by atoms with E-state index in [2.05, 4.69) is 27.7 Å². The lowest BCUT2D eigenvalue weighted by Crippen LogP contribution is -2.13. The van der Waals surface area contributed by atoms with Crippen molar-refractivity contribution in [2.45, 2.75) is 105 Å². The summed E-state index contributed by atoms with van der Waals surface area (Å²) < 4.78 is 0. The topological polar surface area (TPSA) is 0 Å². The molecule has 0 unspecified atom stereocenters. The van der Waals surface area contributed by atoms with Gasteiger partial charge in [-0.15, -0.1) is 0 Å². The minimum Gasteiger partial charge on any atom is -0.0654 e. The lowest BCUT2D eigenvalue weighted by molar-refractivity contribution is 0.624. The molecule has 0 aromatic heterocycles. The molecule has 21 heavy (non-hydrogen) atoms. The van der Waals surface area contributed by atoms with Crippen molar-refractivity contribution in [3.05, 3.63) is 0 Å². The first-order chi connectivity index (χ1) is 10.2. The van der Waals surface area contributed by atoms with E-state index in [0.29, 0.717) is 0 Å². The smallest absolute Gasteiger partial charge is 0.0594 e. The van der Waals surface area contributed by atoms with Crippen molar-refractivity contribution >= 4 is 7.26 Å². The molecule has 0 amide bonds. The summed E-state index contributed by atoms with van der Waals surface area (Å²) in [5.74, 6) is 0. The normalized spacial score (nSPS) is 12.0. The molecule has 0 fully saturated rings. The fraction of sp³-hybridized carbons (Fsp3) is 1.00. The average Bonchev–Trinajstić information content (AvgIpc) is 2.51. The zero-order valence-corrected chi connectivity index (χ0v) is 16.7. The van der Waals surface area contributed by atoms with Crippen LogP contribution in [0.2, 0.25) is 0 Å². The third kappa shape index (κ3) is 11.6. The first kappa shape index (κ1) is 21.4. The Labute approximate surface area is 137 Å². The molecule has 0 atom stereocenters. The highest BCUT2D eigenvalue weighted by Gasteiger charge is 2.34. The minimum atomic E-state index is -0.601. The third-order valence-corrected chi connectivity index (χ3v) is 10.0. The summed E-state index contributed by atoms with van der Waals surface area (Å²) in [4.78, 5) is 0. The van der Waals surface area contributed by atoms with E-state index in [-0.39, 0.29) is 0 Å². The minimum absolute atomic E-state index is 0.601. The molecule has 0 rings (SSSR count). The highest BCUT2D eigenvalue weighted by Crippen LogP contribution is 2.61. The van der Waals surface area contributed by atoms with Gasteiger partial charge in [0.25, 0.3) is 0 Å². The van der Waals surface area contributed by atoms with Gasteiger partial charge in [0.05, 0.1) is 24.6 Å². The summed E-state index contributed by atoms with van der Waals surface area (Å²) in [5.41, 5.74) is 0. The van der Waals surface area contributed by atoms with E-state index in [0.717, 1.165) is 0 Å². The van der Waals surface area contributed by atoms with Crippen molar-refractivity contribution in [2.24, 2.45) is 0 Å². The fourth-order valence-electron chi connectivity index (χ4n) is 3.38. The number of hydrogen-bond acceptors (Lipinski definition) is 0. The van der Waals surface area contributed by atoms with Gasteiger partial charge in [0.15, 0.2) is 0 Å². The van der Waals surface area contributed by atoms with Crippen molar-refractivity contribution in [1.29, 1.82) is 0 Å². The highest BCUT2D eigenvalue weighted by atomic mass is 31.2. The van der Waals surface area contributed by atoms with E-state index in [4.69, 9.17) is 0 Å². The van der Waals surface area contributed by atoms with Gasteiger partial charge < -0.3 is 0 Å². The van der Waals surface area contributed by atoms with Gasteiger partial charge in [0, 0.05) is 7.26 Å². The number of hydrogen-bond donors (Lipinski definition) is 0. The fourth-order valence-corrected chi connectivity index (χ4v) is 8.58. The van der Waals surface area contributed by atoms with Gasteiger partial charge in [-0.05, 0) is 32.1 Å². The molecule has 0 N–H and O–H groups in total. The second-order valence-corrected chi connectivity index (χ2v) is 11.5. The lowest BCUT2D eigenvalue weighted by Gasteiger charge is -2.28. The van der Waals surface area contributed by atoms with E-state index < -0.39 is 7.26 Å². The summed E-state index contributed by atoms with van der Waals surface area (Å²) >= 11 is 0. The molecule has 0 aromatic carbocycles. The maximum atomic E-state index is 2.37. The van der Waals surface area contributed by atoms with Crippen LogP contribution in [-0.4, -0.2) is 24.6 Å². The molecule has 0 saturated carbocycles. The quantitative estimate of drug-likeness (QED) is 0.201. The summed E-state index contributed by atoms with van der Waals surface area (Å²) in [7, 11) is -0.601. The Kier molecular flexibility index (Phi) is 15.6. The Hall–Kier alpha value is 0.430. The summed E-state index contributed by atoms with van der Waals surface area (Å²) in [6, 6.07) is 0.